The van der Waals surface area contributed by atoms with Gasteiger partial charge in [0.15, 0.2) is 11.5 Å². The lowest BCUT2D eigenvalue weighted by atomic mass is 10.0. The molecule has 0 spiro atoms. The zero-order chi connectivity index (χ0) is 22.2. The minimum Gasteiger partial charge on any atom is -0.490 e. The molecule has 1 aliphatic rings. The first kappa shape index (κ1) is 22.9. The normalized spacial score (nSPS) is 14.8. The lowest BCUT2D eigenvalue weighted by Crippen LogP contribution is -3.11. The highest BCUT2D eigenvalue weighted by Crippen LogP contribution is 2.28. The number of nitrogens with zero attached hydrogens (tertiary/aromatic N) is 1. The fraction of sp³-hybridized carbons (Fsp3) is 0.480. The molecule has 1 saturated heterocycles. The molecule has 0 bridgehead atoms. The highest BCUT2D eigenvalue weighted by atomic mass is 16.5. The molecule has 6 nitrogen and oxygen atoms in total. The van der Waals surface area contributed by atoms with Crippen LogP contribution >= 0.6 is 0 Å². The van der Waals surface area contributed by atoms with Gasteiger partial charge in [0.1, 0.15) is 6.04 Å². The minimum atomic E-state index is -0.0856. The summed E-state index contributed by atoms with van der Waals surface area (Å²) in [6.45, 7) is 7.83. The number of hydrogen-bond acceptors (Lipinski definition) is 4. The van der Waals surface area contributed by atoms with Crippen molar-refractivity contribution in [3.63, 3.8) is 0 Å². The molecule has 2 N–H and O–H groups in total. The molecule has 1 atom stereocenters. The summed E-state index contributed by atoms with van der Waals surface area (Å²) >= 11 is 0. The third-order valence-corrected chi connectivity index (χ3v) is 5.82. The Labute approximate surface area is 186 Å². The molecule has 0 saturated carbocycles. The molecule has 0 aromatic heterocycles. The van der Waals surface area contributed by atoms with Gasteiger partial charge in [0.05, 0.1) is 32.8 Å². The van der Waals surface area contributed by atoms with E-state index in [0.717, 1.165) is 13.1 Å². The van der Waals surface area contributed by atoms with Crippen LogP contribution in [0.2, 0.25) is 0 Å². The second-order valence-electron chi connectivity index (χ2n) is 8.14. The summed E-state index contributed by atoms with van der Waals surface area (Å²) in [5.74, 6) is 1.19. The van der Waals surface area contributed by atoms with E-state index in [-0.39, 0.29) is 11.9 Å². The van der Waals surface area contributed by atoms with Gasteiger partial charge in [-0.1, -0.05) is 12.1 Å². The van der Waals surface area contributed by atoms with Crippen LogP contribution in [0.25, 0.3) is 0 Å². The molecule has 0 unspecified atom stereocenters. The lowest BCUT2D eigenvalue weighted by molar-refractivity contribution is -0.918. The molecule has 0 radical (unpaired) electrons. The van der Waals surface area contributed by atoms with Crippen molar-refractivity contribution in [3.05, 3.63) is 53.6 Å². The molecule has 1 aliphatic heterocycles. The SMILES string of the molecule is CCOc1ccc(C(=O)NC[C@H](c2ccc(N(C)C)cc2)[NH+]2CCCC2)cc1OCC. The molecule has 1 heterocycles. The predicted molar refractivity (Wildman–Crippen MR) is 125 cm³/mol. The van der Waals surface area contributed by atoms with Crippen LogP contribution < -0.4 is 24.6 Å². The van der Waals surface area contributed by atoms with Crippen molar-refractivity contribution in [1.29, 1.82) is 0 Å². The number of hydrogen-bond donors (Lipinski definition) is 2. The lowest BCUT2D eigenvalue weighted by Gasteiger charge is -2.26. The van der Waals surface area contributed by atoms with E-state index < -0.39 is 0 Å². The van der Waals surface area contributed by atoms with Crippen molar-refractivity contribution in [2.45, 2.75) is 32.7 Å². The Morgan fingerprint density at radius 2 is 1.65 bits per heavy atom. The van der Waals surface area contributed by atoms with E-state index in [9.17, 15) is 4.79 Å². The summed E-state index contributed by atoms with van der Waals surface area (Å²) < 4.78 is 11.3. The van der Waals surface area contributed by atoms with Gasteiger partial charge in [-0.05, 0) is 44.2 Å². The molecular weight excluding hydrogens is 390 g/mol. The van der Waals surface area contributed by atoms with E-state index in [4.69, 9.17) is 9.47 Å². The second-order valence-corrected chi connectivity index (χ2v) is 8.14. The molecule has 1 fully saturated rings. The number of carbonyl (C=O) groups is 1. The van der Waals surface area contributed by atoms with Crippen LogP contribution in [0.4, 0.5) is 5.69 Å². The summed E-state index contributed by atoms with van der Waals surface area (Å²) in [6, 6.07) is 14.3. The van der Waals surface area contributed by atoms with E-state index in [0.29, 0.717) is 36.8 Å². The number of quaternary nitrogens is 1. The maximum Gasteiger partial charge on any atom is 0.251 e. The summed E-state index contributed by atoms with van der Waals surface area (Å²) in [4.78, 5) is 16.6. The predicted octanol–water partition coefficient (Wildman–Crippen LogP) is 2.70. The Balaban J connectivity index is 1.73. The topological polar surface area (TPSA) is 55.2 Å². The summed E-state index contributed by atoms with van der Waals surface area (Å²) in [6.07, 6.45) is 2.48. The number of likely N-dealkylation sites (tertiary alicyclic amines) is 1. The number of nitrogens with one attached hydrogen (secondary N) is 2. The highest BCUT2D eigenvalue weighted by molar-refractivity contribution is 5.94. The van der Waals surface area contributed by atoms with Gasteiger partial charge in [0.25, 0.3) is 5.91 Å². The van der Waals surface area contributed by atoms with Gasteiger partial charge in [0.2, 0.25) is 0 Å². The Morgan fingerprint density at radius 3 is 2.26 bits per heavy atom. The van der Waals surface area contributed by atoms with Crippen molar-refractivity contribution in [3.8, 4) is 11.5 Å². The number of amides is 1. The fourth-order valence-corrected chi connectivity index (χ4v) is 4.17. The molecule has 0 aliphatic carbocycles. The van der Waals surface area contributed by atoms with Gasteiger partial charge in [-0.25, -0.2) is 0 Å². The number of anilines is 1. The van der Waals surface area contributed by atoms with Gasteiger partial charge >= 0.3 is 0 Å². The largest absolute Gasteiger partial charge is 0.490 e. The van der Waals surface area contributed by atoms with Crippen molar-refractivity contribution in [2.75, 3.05) is 51.8 Å². The van der Waals surface area contributed by atoms with Crippen molar-refractivity contribution in [1.82, 2.24) is 5.32 Å². The van der Waals surface area contributed by atoms with Crippen molar-refractivity contribution < 1.29 is 19.2 Å². The maximum atomic E-state index is 12.9. The zero-order valence-electron chi connectivity index (χ0n) is 19.2. The molecule has 168 valence electrons. The first-order chi connectivity index (χ1) is 15.0. The molecule has 2 aromatic rings. The molecule has 1 amide bonds. The van der Waals surface area contributed by atoms with Gasteiger partial charge in [-0.15, -0.1) is 0 Å². The van der Waals surface area contributed by atoms with Gasteiger partial charge in [-0.2, -0.15) is 0 Å². The average Bonchev–Trinajstić information content (AvgIpc) is 3.30. The summed E-state index contributed by atoms with van der Waals surface area (Å²) in [7, 11) is 4.09. The van der Waals surface area contributed by atoms with E-state index in [1.54, 1.807) is 17.0 Å². The van der Waals surface area contributed by atoms with E-state index >= 15 is 0 Å². The number of benzene rings is 2. The quantitative estimate of drug-likeness (QED) is 0.613. The zero-order valence-corrected chi connectivity index (χ0v) is 19.2. The smallest absolute Gasteiger partial charge is 0.251 e. The van der Waals surface area contributed by atoms with Gasteiger partial charge < -0.3 is 24.6 Å². The van der Waals surface area contributed by atoms with Crippen LogP contribution in [0.5, 0.6) is 11.5 Å². The highest BCUT2D eigenvalue weighted by Gasteiger charge is 2.28. The molecule has 2 aromatic carbocycles. The molecule has 31 heavy (non-hydrogen) atoms. The number of ether oxygens (including phenoxy) is 2. The summed E-state index contributed by atoms with van der Waals surface area (Å²) in [5.41, 5.74) is 3.04. The third-order valence-electron chi connectivity index (χ3n) is 5.82. The first-order valence-electron chi connectivity index (χ1n) is 11.3. The minimum absolute atomic E-state index is 0.0856. The van der Waals surface area contributed by atoms with Gasteiger partial charge in [-0.3, -0.25) is 4.79 Å². The second kappa shape index (κ2) is 11.0. The van der Waals surface area contributed by atoms with Crippen molar-refractivity contribution in [2.24, 2.45) is 0 Å². The Kier molecular flexibility index (Phi) is 8.18. The van der Waals surface area contributed by atoms with Crippen LogP contribution in [0.15, 0.2) is 42.5 Å². The molecule has 3 rings (SSSR count). The average molecular weight is 427 g/mol. The molecular formula is C25H36N3O3+. The number of carbonyl (C=O) groups excluding carboxylic acids is 1. The Bertz CT molecular complexity index is 846. The summed E-state index contributed by atoms with van der Waals surface area (Å²) in [5, 5.41) is 3.17. The third kappa shape index (κ3) is 5.91. The monoisotopic (exact) mass is 426 g/mol. The number of rotatable bonds is 10. The van der Waals surface area contributed by atoms with E-state index in [1.807, 2.05) is 34.0 Å². The first-order valence-corrected chi connectivity index (χ1v) is 11.3. The van der Waals surface area contributed by atoms with Crippen LogP contribution in [0.1, 0.15) is 48.7 Å². The Hall–Kier alpha value is -2.73. The van der Waals surface area contributed by atoms with Crippen LogP contribution in [-0.4, -0.2) is 52.9 Å². The van der Waals surface area contributed by atoms with E-state index in [1.165, 1.54) is 24.1 Å². The fourth-order valence-electron chi connectivity index (χ4n) is 4.17. The van der Waals surface area contributed by atoms with Crippen LogP contribution in [-0.2, 0) is 0 Å². The maximum absolute atomic E-state index is 12.9. The van der Waals surface area contributed by atoms with Gasteiger partial charge in [0, 0.05) is 43.8 Å². The van der Waals surface area contributed by atoms with Crippen molar-refractivity contribution >= 4 is 11.6 Å². The standard InChI is InChI=1S/C25H35N3O3/c1-5-30-23-14-11-20(17-24(23)31-6-2)25(29)26-18-22(28-15-7-8-16-28)19-9-12-21(13-10-19)27(3)4/h9-14,17,22H,5-8,15-16,18H2,1-4H3,(H,26,29)/p+1/t22-/m1/s1. The Morgan fingerprint density at radius 1 is 1.00 bits per heavy atom. The molecule has 6 heteroatoms. The van der Waals surface area contributed by atoms with Crippen LogP contribution in [0.3, 0.4) is 0 Å². The van der Waals surface area contributed by atoms with Crippen LogP contribution in [0, 0.1) is 0 Å². The van der Waals surface area contributed by atoms with E-state index in [2.05, 4.69) is 34.5 Å².